The summed E-state index contributed by atoms with van der Waals surface area (Å²) in [6.45, 7) is 11.0. The van der Waals surface area contributed by atoms with Gasteiger partial charge in [0, 0.05) is 36.2 Å². The lowest BCUT2D eigenvalue weighted by Gasteiger charge is -2.43. The molecule has 0 aromatic rings. The zero-order valence-corrected chi connectivity index (χ0v) is 14.8. The fourth-order valence-corrected chi connectivity index (χ4v) is 5.39. The van der Waals surface area contributed by atoms with Crippen LogP contribution in [0.25, 0.3) is 0 Å². The molecule has 1 aliphatic carbocycles. The number of hydrogen-bond acceptors (Lipinski definition) is 3. The topological polar surface area (TPSA) is 15.3 Å². The highest BCUT2D eigenvalue weighted by Crippen LogP contribution is 2.35. The molecule has 0 amide bonds. The molecular weight excluding hydrogens is 264 g/mol. The maximum Gasteiger partial charge on any atom is 0.0231 e. The minimum Gasteiger partial charge on any atom is -0.317 e. The van der Waals surface area contributed by atoms with Crippen LogP contribution in [-0.4, -0.2) is 48.1 Å². The van der Waals surface area contributed by atoms with Gasteiger partial charge in [-0.3, -0.25) is 0 Å². The fourth-order valence-electron chi connectivity index (χ4n) is 4.22. The molecule has 1 heterocycles. The quantitative estimate of drug-likeness (QED) is 0.834. The lowest BCUT2D eigenvalue weighted by Crippen LogP contribution is -2.49. The second-order valence-corrected chi connectivity index (χ2v) is 9.27. The van der Waals surface area contributed by atoms with Gasteiger partial charge in [-0.1, -0.05) is 19.8 Å². The highest BCUT2D eigenvalue weighted by Gasteiger charge is 2.33. The molecule has 0 bridgehead atoms. The van der Waals surface area contributed by atoms with Gasteiger partial charge in [-0.15, -0.1) is 0 Å². The molecule has 2 nitrogen and oxygen atoms in total. The van der Waals surface area contributed by atoms with Crippen molar-refractivity contribution < 1.29 is 0 Å². The molecule has 1 aliphatic heterocycles. The van der Waals surface area contributed by atoms with Crippen LogP contribution < -0.4 is 5.32 Å². The van der Waals surface area contributed by atoms with E-state index in [1.807, 2.05) is 0 Å². The summed E-state index contributed by atoms with van der Waals surface area (Å²) in [5.41, 5.74) is 0. The second kappa shape index (κ2) is 7.51. The van der Waals surface area contributed by atoms with Gasteiger partial charge in [0.05, 0.1) is 0 Å². The van der Waals surface area contributed by atoms with E-state index in [0.717, 1.165) is 17.9 Å². The van der Waals surface area contributed by atoms with E-state index in [4.69, 9.17) is 0 Å². The van der Waals surface area contributed by atoms with Crippen molar-refractivity contribution >= 4 is 11.8 Å². The van der Waals surface area contributed by atoms with Crippen LogP contribution in [0.3, 0.4) is 0 Å². The number of hydrogen-bond donors (Lipinski definition) is 1. The Morgan fingerprint density at radius 3 is 2.75 bits per heavy atom. The van der Waals surface area contributed by atoms with Gasteiger partial charge < -0.3 is 10.2 Å². The van der Waals surface area contributed by atoms with Crippen molar-refractivity contribution in [3.05, 3.63) is 0 Å². The molecule has 0 radical (unpaired) electrons. The largest absolute Gasteiger partial charge is 0.317 e. The molecule has 118 valence electrons. The lowest BCUT2D eigenvalue weighted by molar-refractivity contribution is 0.136. The van der Waals surface area contributed by atoms with Crippen LogP contribution in [-0.2, 0) is 0 Å². The molecule has 2 fully saturated rings. The Bertz CT molecular complexity index is 293. The van der Waals surface area contributed by atoms with Crippen molar-refractivity contribution in [3.8, 4) is 0 Å². The third kappa shape index (κ3) is 4.64. The van der Waals surface area contributed by atoms with Gasteiger partial charge in [-0.05, 0) is 52.0 Å². The zero-order chi connectivity index (χ0) is 14.6. The van der Waals surface area contributed by atoms with Crippen molar-refractivity contribution in [2.24, 2.45) is 11.8 Å². The van der Waals surface area contributed by atoms with Gasteiger partial charge in [0.25, 0.3) is 0 Å². The standard InChI is InChI=1S/C17H34N2S/c1-5-6-14-7-8-16(18-4)15(11-14)12-19-9-10-20-17(2,3)13-19/h14-16,18H,5-13H2,1-4H3. The van der Waals surface area contributed by atoms with Crippen molar-refractivity contribution in [2.45, 2.75) is 63.7 Å². The maximum atomic E-state index is 3.60. The molecule has 1 N–H and O–H groups in total. The van der Waals surface area contributed by atoms with E-state index in [2.05, 4.69) is 49.8 Å². The fraction of sp³-hybridized carbons (Fsp3) is 1.00. The van der Waals surface area contributed by atoms with E-state index >= 15 is 0 Å². The molecule has 20 heavy (non-hydrogen) atoms. The van der Waals surface area contributed by atoms with Gasteiger partial charge in [0.15, 0.2) is 0 Å². The Kier molecular flexibility index (Phi) is 6.25. The lowest BCUT2D eigenvalue weighted by atomic mass is 9.76. The molecule has 2 aliphatic rings. The summed E-state index contributed by atoms with van der Waals surface area (Å²) in [6, 6.07) is 0.751. The molecule has 0 spiro atoms. The summed E-state index contributed by atoms with van der Waals surface area (Å²) in [6.07, 6.45) is 7.07. The highest BCUT2D eigenvalue weighted by atomic mass is 32.2. The van der Waals surface area contributed by atoms with Crippen LogP contribution in [0.15, 0.2) is 0 Å². The van der Waals surface area contributed by atoms with Crippen molar-refractivity contribution in [3.63, 3.8) is 0 Å². The van der Waals surface area contributed by atoms with Gasteiger partial charge in [0.1, 0.15) is 0 Å². The predicted octanol–water partition coefficient (Wildman–Crippen LogP) is 3.62. The van der Waals surface area contributed by atoms with Crippen LogP contribution in [0.5, 0.6) is 0 Å². The summed E-state index contributed by atoms with van der Waals surface area (Å²) in [4.78, 5) is 2.74. The van der Waals surface area contributed by atoms with Gasteiger partial charge in [0.2, 0.25) is 0 Å². The molecule has 3 atom stereocenters. The first-order chi connectivity index (χ1) is 9.54. The predicted molar refractivity (Wildman–Crippen MR) is 91.6 cm³/mol. The van der Waals surface area contributed by atoms with E-state index in [9.17, 15) is 0 Å². The minimum absolute atomic E-state index is 0.449. The monoisotopic (exact) mass is 298 g/mol. The molecule has 2 rings (SSSR count). The first-order valence-corrected chi connectivity index (χ1v) is 9.56. The van der Waals surface area contributed by atoms with E-state index in [0.29, 0.717) is 4.75 Å². The summed E-state index contributed by atoms with van der Waals surface area (Å²) in [5.74, 6) is 3.16. The van der Waals surface area contributed by atoms with E-state index in [1.165, 1.54) is 57.5 Å². The third-order valence-electron chi connectivity index (χ3n) is 5.16. The number of thioether (sulfide) groups is 1. The van der Waals surface area contributed by atoms with E-state index in [-0.39, 0.29) is 0 Å². The Balaban J connectivity index is 1.90. The Labute approximate surface area is 130 Å². The Morgan fingerprint density at radius 2 is 2.10 bits per heavy atom. The highest BCUT2D eigenvalue weighted by molar-refractivity contribution is 8.00. The van der Waals surface area contributed by atoms with Crippen LogP contribution in [0, 0.1) is 11.8 Å². The number of rotatable bonds is 5. The summed E-state index contributed by atoms with van der Waals surface area (Å²) in [7, 11) is 2.16. The SMILES string of the molecule is CCCC1CCC(NC)C(CN2CCSC(C)(C)C2)C1. The zero-order valence-electron chi connectivity index (χ0n) is 14.0. The average molecular weight is 299 g/mol. The van der Waals surface area contributed by atoms with Crippen molar-refractivity contribution in [1.29, 1.82) is 0 Å². The summed E-state index contributed by atoms with van der Waals surface area (Å²) < 4.78 is 0.449. The van der Waals surface area contributed by atoms with Gasteiger partial charge in [-0.2, -0.15) is 11.8 Å². The minimum atomic E-state index is 0.449. The Hall–Kier alpha value is 0.270. The molecule has 0 aromatic heterocycles. The van der Waals surface area contributed by atoms with Crippen molar-refractivity contribution in [1.82, 2.24) is 10.2 Å². The van der Waals surface area contributed by atoms with Gasteiger partial charge in [-0.25, -0.2) is 0 Å². The van der Waals surface area contributed by atoms with E-state index < -0.39 is 0 Å². The van der Waals surface area contributed by atoms with Gasteiger partial charge >= 0.3 is 0 Å². The van der Waals surface area contributed by atoms with E-state index in [1.54, 1.807) is 0 Å². The second-order valence-electron chi connectivity index (χ2n) is 7.47. The summed E-state index contributed by atoms with van der Waals surface area (Å²) in [5, 5.41) is 3.60. The first-order valence-electron chi connectivity index (χ1n) is 8.57. The molecule has 3 unspecified atom stereocenters. The normalized spacial score (nSPS) is 35.1. The molecule has 3 heteroatoms. The smallest absolute Gasteiger partial charge is 0.0231 e. The summed E-state index contributed by atoms with van der Waals surface area (Å²) >= 11 is 2.14. The third-order valence-corrected chi connectivity index (χ3v) is 6.45. The van der Waals surface area contributed by atoms with Crippen LogP contribution in [0.2, 0.25) is 0 Å². The number of nitrogens with one attached hydrogen (secondary N) is 1. The molecular formula is C17H34N2S. The maximum absolute atomic E-state index is 3.60. The average Bonchev–Trinajstić information content (AvgIpc) is 2.38. The first kappa shape index (κ1) is 16.6. The molecule has 1 saturated carbocycles. The van der Waals surface area contributed by atoms with Crippen LogP contribution in [0.4, 0.5) is 0 Å². The number of nitrogens with zero attached hydrogens (tertiary/aromatic N) is 1. The van der Waals surface area contributed by atoms with Crippen molar-refractivity contribution in [2.75, 3.05) is 32.4 Å². The Morgan fingerprint density at radius 1 is 1.30 bits per heavy atom. The molecule has 0 aromatic carbocycles. The molecule has 1 saturated heterocycles. The van der Waals surface area contributed by atoms with Crippen LogP contribution >= 0.6 is 11.8 Å². The van der Waals surface area contributed by atoms with Crippen LogP contribution in [0.1, 0.15) is 52.9 Å².